The lowest BCUT2D eigenvalue weighted by molar-refractivity contribution is -0.118. The molecule has 0 atom stereocenters. The van der Waals surface area contributed by atoms with Crippen molar-refractivity contribution in [1.82, 2.24) is 19.5 Å². The minimum atomic E-state index is -0.570. The molecule has 0 unspecified atom stereocenters. The summed E-state index contributed by atoms with van der Waals surface area (Å²) in [6.45, 7) is 0.219. The zero-order valence-electron chi connectivity index (χ0n) is 16.9. The molecule has 2 aromatic heterocycles. The summed E-state index contributed by atoms with van der Waals surface area (Å²) in [5.41, 5.74) is 10.5. The van der Waals surface area contributed by atoms with Crippen LogP contribution >= 0.6 is 0 Å². The fourth-order valence-corrected chi connectivity index (χ4v) is 2.77. The van der Waals surface area contributed by atoms with Crippen molar-refractivity contribution in [2.75, 3.05) is 24.8 Å². The van der Waals surface area contributed by atoms with Crippen LogP contribution in [-0.4, -0.2) is 45.1 Å². The summed E-state index contributed by atoms with van der Waals surface area (Å²) >= 11 is 0. The monoisotopic (exact) mass is 427 g/mol. The molecule has 0 aliphatic heterocycles. The predicted molar refractivity (Wildman–Crippen MR) is 112 cm³/mol. The number of carbonyl (C=O) groups excluding carboxylic acids is 2. The lowest BCUT2D eigenvalue weighted by Gasteiger charge is -2.15. The normalized spacial score (nSPS) is 10.6. The second-order valence-electron chi connectivity index (χ2n) is 6.50. The van der Waals surface area contributed by atoms with Crippen LogP contribution in [0.25, 0.3) is 10.9 Å². The molecule has 3 aromatic rings. The van der Waals surface area contributed by atoms with Crippen molar-refractivity contribution in [2.24, 2.45) is 12.8 Å². The van der Waals surface area contributed by atoms with Crippen LogP contribution in [0.2, 0.25) is 0 Å². The average Bonchev–Trinajstić information content (AvgIpc) is 2.74. The van der Waals surface area contributed by atoms with E-state index in [1.165, 1.54) is 31.1 Å². The second kappa shape index (κ2) is 9.07. The second-order valence-corrected chi connectivity index (χ2v) is 6.50. The molecule has 2 amide bonds. The van der Waals surface area contributed by atoms with E-state index in [2.05, 4.69) is 20.3 Å². The third-order valence-corrected chi connectivity index (χ3v) is 4.35. The van der Waals surface area contributed by atoms with E-state index in [0.29, 0.717) is 12.2 Å². The minimum absolute atomic E-state index is 0.0106. The van der Waals surface area contributed by atoms with Gasteiger partial charge in [0.05, 0.1) is 24.7 Å². The number of aromatic nitrogens is 4. The number of carbonyl (C=O) groups is 2. The Morgan fingerprint density at radius 2 is 1.94 bits per heavy atom. The van der Waals surface area contributed by atoms with E-state index in [-0.39, 0.29) is 47.1 Å². The molecule has 0 saturated heterocycles. The fourth-order valence-electron chi connectivity index (χ4n) is 2.77. The molecule has 0 bridgehead atoms. The summed E-state index contributed by atoms with van der Waals surface area (Å²) in [5.74, 6) is -0.416. The maximum atomic E-state index is 12.8. The Morgan fingerprint density at radius 1 is 1.23 bits per heavy atom. The first-order valence-electron chi connectivity index (χ1n) is 9.19. The Balaban J connectivity index is 1.96. The standard InChI is InChI=1S/C19H21N7O5/c1-26-17(29)11-5-6-12(31-7-3-4-13(20)27)15(30-2)14(11)24-19(26)25-16(28)10-8-22-18(21)23-9-10/h5-6,8-9H,3-4,7H2,1-2H3,(H2,20,27)(H2,21,22,23)(H,24,25,28). The number of nitrogen functional groups attached to an aromatic ring is 1. The van der Waals surface area contributed by atoms with Gasteiger partial charge in [-0.1, -0.05) is 0 Å². The lowest BCUT2D eigenvalue weighted by atomic mass is 10.2. The summed E-state index contributed by atoms with van der Waals surface area (Å²) in [6.07, 6.45) is 3.12. The molecule has 0 aliphatic carbocycles. The maximum Gasteiger partial charge on any atom is 0.262 e. The van der Waals surface area contributed by atoms with Crippen LogP contribution in [0.15, 0.2) is 29.3 Å². The summed E-state index contributed by atoms with van der Waals surface area (Å²) in [6, 6.07) is 3.13. The summed E-state index contributed by atoms with van der Waals surface area (Å²) in [4.78, 5) is 48.1. The summed E-state index contributed by atoms with van der Waals surface area (Å²) in [5, 5.41) is 2.83. The Bertz CT molecular complexity index is 1190. The quantitative estimate of drug-likeness (QED) is 0.424. The lowest BCUT2D eigenvalue weighted by Crippen LogP contribution is -2.25. The van der Waals surface area contributed by atoms with Crippen molar-refractivity contribution >= 4 is 34.6 Å². The number of methoxy groups -OCH3 is 1. The first-order chi connectivity index (χ1) is 14.8. The van der Waals surface area contributed by atoms with Crippen molar-refractivity contribution in [2.45, 2.75) is 12.8 Å². The summed E-state index contributed by atoms with van der Waals surface area (Å²) in [7, 11) is 2.89. The van der Waals surface area contributed by atoms with Gasteiger partial charge >= 0.3 is 0 Å². The molecule has 12 heteroatoms. The van der Waals surface area contributed by atoms with Gasteiger partial charge in [-0.3, -0.25) is 24.3 Å². The number of primary amides is 1. The Morgan fingerprint density at radius 3 is 2.58 bits per heavy atom. The van der Waals surface area contributed by atoms with Crippen LogP contribution in [0.5, 0.6) is 11.5 Å². The Labute approximate surface area is 176 Å². The number of nitrogens with one attached hydrogen (secondary N) is 1. The number of anilines is 2. The summed E-state index contributed by atoms with van der Waals surface area (Å²) < 4.78 is 12.3. The maximum absolute atomic E-state index is 12.8. The third kappa shape index (κ3) is 4.69. The van der Waals surface area contributed by atoms with E-state index in [1.807, 2.05) is 0 Å². The van der Waals surface area contributed by atoms with Crippen molar-refractivity contribution in [3.05, 3.63) is 40.4 Å². The number of ether oxygens (including phenoxy) is 2. The highest BCUT2D eigenvalue weighted by Crippen LogP contribution is 2.34. The molecule has 0 aliphatic rings. The largest absolute Gasteiger partial charge is 0.491 e. The van der Waals surface area contributed by atoms with Gasteiger partial charge in [-0.25, -0.2) is 15.0 Å². The van der Waals surface area contributed by atoms with Crippen LogP contribution in [0.3, 0.4) is 0 Å². The third-order valence-electron chi connectivity index (χ3n) is 4.35. The van der Waals surface area contributed by atoms with Gasteiger partial charge in [-0.15, -0.1) is 0 Å². The van der Waals surface area contributed by atoms with Crippen LogP contribution in [0, 0.1) is 0 Å². The van der Waals surface area contributed by atoms with E-state index in [9.17, 15) is 14.4 Å². The van der Waals surface area contributed by atoms with Gasteiger partial charge in [0.25, 0.3) is 11.5 Å². The molecule has 0 saturated carbocycles. The molecule has 1 aromatic carbocycles. The van der Waals surface area contributed by atoms with Crippen LogP contribution in [-0.2, 0) is 11.8 Å². The molecule has 0 fully saturated rings. The molecule has 2 heterocycles. The van der Waals surface area contributed by atoms with Gasteiger partial charge in [0, 0.05) is 25.9 Å². The molecule has 3 rings (SSSR count). The van der Waals surface area contributed by atoms with Crippen molar-refractivity contribution < 1.29 is 19.1 Å². The first-order valence-corrected chi connectivity index (χ1v) is 9.19. The smallest absolute Gasteiger partial charge is 0.262 e. The SMILES string of the molecule is COc1c(OCCCC(N)=O)ccc2c(=O)n(C)c(NC(=O)c3cnc(N)nc3)nc12. The number of rotatable bonds is 8. The topological polar surface area (TPSA) is 177 Å². The number of benzene rings is 1. The minimum Gasteiger partial charge on any atom is -0.491 e. The predicted octanol–water partition coefficient (Wildman–Crippen LogP) is 0.211. The number of fused-ring (bicyclic) bond motifs is 1. The first kappa shape index (κ1) is 21.5. The molecule has 162 valence electrons. The zero-order chi connectivity index (χ0) is 22.5. The highest BCUT2D eigenvalue weighted by Gasteiger charge is 2.18. The Kier molecular flexibility index (Phi) is 6.29. The van der Waals surface area contributed by atoms with Crippen LogP contribution < -0.4 is 31.8 Å². The van der Waals surface area contributed by atoms with Crippen molar-refractivity contribution in [3.63, 3.8) is 0 Å². The highest BCUT2D eigenvalue weighted by atomic mass is 16.5. The highest BCUT2D eigenvalue weighted by molar-refractivity contribution is 6.03. The van der Waals surface area contributed by atoms with Crippen molar-refractivity contribution in [1.29, 1.82) is 0 Å². The van der Waals surface area contributed by atoms with E-state index in [4.69, 9.17) is 20.9 Å². The zero-order valence-corrected chi connectivity index (χ0v) is 16.9. The van der Waals surface area contributed by atoms with Gasteiger partial charge in [-0.2, -0.15) is 0 Å². The van der Waals surface area contributed by atoms with Gasteiger partial charge in [0.1, 0.15) is 5.52 Å². The molecule has 12 nitrogen and oxygen atoms in total. The van der Waals surface area contributed by atoms with Gasteiger partial charge in [-0.05, 0) is 18.6 Å². The number of amides is 2. The molecule has 0 spiro atoms. The molecular weight excluding hydrogens is 406 g/mol. The average molecular weight is 427 g/mol. The van der Waals surface area contributed by atoms with Crippen LogP contribution in [0.1, 0.15) is 23.2 Å². The molecular formula is C19H21N7O5. The molecule has 31 heavy (non-hydrogen) atoms. The van der Waals surface area contributed by atoms with Crippen LogP contribution in [0.4, 0.5) is 11.9 Å². The molecule has 5 N–H and O–H groups in total. The molecule has 0 radical (unpaired) electrons. The van der Waals surface area contributed by atoms with Crippen molar-refractivity contribution in [3.8, 4) is 11.5 Å². The number of nitrogens with two attached hydrogens (primary N) is 2. The number of hydrogen-bond acceptors (Lipinski definition) is 9. The Hall–Kier alpha value is -4.22. The van der Waals surface area contributed by atoms with E-state index in [1.54, 1.807) is 12.1 Å². The number of hydrogen-bond donors (Lipinski definition) is 3. The van der Waals surface area contributed by atoms with E-state index in [0.717, 1.165) is 0 Å². The van der Waals surface area contributed by atoms with Gasteiger partial charge in [0.15, 0.2) is 11.5 Å². The fraction of sp³-hybridized carbons (Fsp3) is 0.263. The van der Waals surface area contributed by atoms with Gasteiger partial charge in [0.2, 0.25) is 17.8 Å². The number of nitrogens with zero attached hydrogens (tertiary/aromatic N) is 4. The van der Waals surface area contributed by atoms with Gasteiger partial charge < -0.3 is 20.9 Å². The van der Waals surface area contributed by atoms with E-state index < -0.39 is 17.4 Å². The van der Waals surface area contributed by atoms with E-state index >= 15 is 0 Å².